The van der Waals surface area contributed by atoms with Gasteiger partial charge in [-0.1, -0.05) is 12.8 Å². The quantitative estimate of drug-likeness (QED) is 0.543. The van der Waals surface area contributed by atoms with Crippen LogP contribution in [-0.2, 0) is 19.1 Å². The van der Waals surface area contributed by atoms with Crippen LogP contribution in [-0.4, -0.2) is 47.3 Å². The average molecular weight is 398 g/mol. The molecule has 1 aliphatic heterocycles. The molecule has 29 heavy (non-hydrogen) atoms. The van der Waals surface area contributed by atoms with Gasteiger partial charge in [0.2, 0.25) is 11.8 Å². The van der Waals surface area contributed by atoms with Crippen LogP contribution in [0.15, 0.2) is 24.3 Å². The first-order chi connectivity index (χ1) is 14.0. The molecule has 7 nitrogen and oxygen atoms in total. The van der Waals surface area contributed by atoms with Gasteiger partial charge in [0.05, 0.1) is 24.3 Å². The zero-order valence-corrected chi connectivity index (χ0v) is 16.6. The van der Waals surface area contributed by atoms with E-state index in [2.05, 4.69) is 0 Å². The third-order valence-electron chi connectivity index (χ3n) is 5.99. The molecule has 154 valence electrons. The summed E-state index contributed by atoms with van der Waals surface area (Å²) < 4.78 is 4.97. The van der Waals surface area contributed by atoms with Crippen LogP contribution in [0.3, 0.4) is 0 Å². The molecule has 1 aromatic rings. The number of imide groups is 1. The summed E-state index contributed by atoms with van der Waals surface area (Å²) in [5.74, 6) is -1.06. The Balaban J connectivity index is 1.56. The van der Waals surface area contributed by atoms with E-state index in [4.69, 9.17) is 4.74 Å². The number of rotatable bonds is 6. The molecular weight excluding hydrogens is 372 g/mol. The number of anilines is 1. The van der Waals surface area contributed by atoms with Crippen molar-refractivity contribution >= 4 is 29.4 Å². The van der Waals surface area contributed by atoms with E-state index in [1.165, 1.54) is 0 Å². The number of ether oxygens (including phenoxy) is 1. The van der Waals surface area contributed by atoms with Gasteiger partial charge in [0.1, 0.15) is 6.04 Å². The maximum absolute atomic E-state index is 13.2. The summed E-state index contributed by atoms with van der Waals surface area (Å²) in [5, 5.41) is 0. The molecule has 0 bridgehead atoms. The molecule has 1 aromatic carbocycles. The predicted octanol–water partition coefficient (Wildman–Crippen LogP) is 2.68. The maximum atomic E-state index is 13.2. The molecule has 2 aliphatic carbocycles. The number of amides is 3. The lowest BCUT2D eigenvalue weighted by Gasteiger charge is -2.33. The summed E-state index contributed by atoms with van der Waals surface area (Å²) in [4.78, 5) is 53.6. The highest BCUT2D eigenvalue weighted by atomic mass is 16.5. The predicted molar refractivity (Wildman–Crippen MR) is 105 cm³/mol. The van der Waals surface area contributed by atoms with Gasteiger partial charge in [0, 0.05) is 12.0 Å². The van der Waals surface area contributed by atoms with Gasteiger partial charge in [0.15, 0.2) is 0 Å². The van der Waals surface area contributed by atoms with E-state index >= 15 is 0 Å². The molecule has 3 amide bonds. The summed E-state index contributed by atoms with van der Waals surface area (Å²) in [5.41, 5.74) is 0.781. The number of benzene rings is 1. The van der Waals surface area contributed by atoms with Crippen molar-refractivity contribution < 1.29 is 23.9 Å². The molecule has 2 saturated carbocycles. The van der Waals surface area contributed by atoms with E-state index in [1.807, 2.05) is 0 Å². The molecule has 0 spiro atoms. The summed E-state index contributed by atoms with van der Waals surface area (Å²) in [7, 11) is 0. The van der Waals surface area contributed by atoms with E-state index in [1.54, 1.807) is 36.1 Å². The van der Waals surface area contributed by atoms with Gasteiger partial charge in [0.25, 0.3) is 5.91 Å². The smallest absolute Gasteiger partial charge is 0.338 e. The lowest BCUT2D eigenvalue weighted by Crippen LogP contribution is -2.50. The Morgan fingerprint density at radius 1 is 1.07 bits per heavy atom. The minimum absolute atomic E-state index is 0.0106. The normalized spacial score (nSPS) is 22.2. The molecule has 7 heteroatoms. The second-order valence-corrected chi connectivity index (χ2v) is 8.01. The minimum atomic E-state index is -0.719. The van der Waals surface area contributed by atoms with Gasteiger partial charge >= 0.3 is 5.97 Å². The minimum Gasteiger partial charge on any atom is -0.462 e. The lowest BCUT2D eigenvalue weighted by atomic mass is 10.1. The van der Waals surface area contributed by atoms with E-state index in [9.17, 15) is 19.2 Å². The van der Waals surface area contributed by atoms with E-state index in [0.29, 0.717) is 11.3 Å². The average Bonchev–Trinajstić information content (AvgIpc) is 3.35. The van der Waals surface area contributed by atoms with Crippen molar-refractivity contribution in [3.8, 4) is 0 Å². The second-order valence-electron chi connectivity index (χ2n) is 8.01. The number of hydrogen-bond donors (Lipinski definition) is 0. The molecule has 0 aromatic heterocycles. The Bertz CT molecular complexity index is 824. The Morgan fingerprint density at radius 2 is 1.72 bits per heavy atom. The number of nitrogens with zero attached hydrogens (tertiary/aromatic N) is 2. The van der Waals surface area contributed by atoms with Crippen molar-refractivity contribution in [3.63, 3.8) is 0 Å². The molecule has 1 heterocycles. The fraction of sp³-hybridized carbons (Fsp3) is 0.545. The monoisotopic (exact) mass is 398 g/mol. The number of carbonyl (C=O) groups is 4. The molecule has 3 fully saturated rings. The van der Waals surface area contributed by atoms with Crippen LogP contribution in [0.25, 0.3) is 0 Å². The molecule has 4 rings (SSSR count). The Labute approximate surface area is 170 Å². The Morgan fingerprint density at radius 3 is 2.31 bits per heavy atom. The summed E-state index contributed by atoms with van der Waals surface area (Å²) in [6.45, 7) is 2.00. The molecular formula is C22H26N2O5. The van der Waals surface area contributed by atoms with Crippen LogP contribution in [0, 0.1) is 5.92 Å². The van der Waals surface area contributed by atoms with Gasteiger partial charge in [-0.15, -0.1) is 0 Å². The van der Waals surface area contributed by atoms with Crippen LogP contribution >= 0.6 is 0 Å². The molecule has 0 radical (unpaired) electrons. The SMILES string of the molecule is CCOC(=O)c1ccc(N2C(=O)CC(N(C(=O)C3CC3)C3CCCC3)C2=O)cc1. The summed E-state index contributed by atoms with van der Waals surface area (Å²) in [6.07, 6.45) is 5.65. The van der Waals surface area contributed by atoms with Crippen molar-refractivity contribution in [2.45, 2.75) is 64.0 Å². The highest BCUT2D eigenvalue weighted by Gasteiger charge is 2.49. The van der Waals surface area contributed by atoms with Crippen LogP contribution in [0.1, 0.15) is 62.2 Å². The van der Waals surface area contributed by atoms with E-state index in [-0.39, 0.29) is 42.7 Å². The second kappa shape index (κ2) is 7.97. The van der Waals surface area contributed by atoms with Gasteiger partial charge < -0.3 is 9.64 Å². The Kier molecular flexibility index (Phi) is 5.39. The Hall–Kier alpha value is -2.70. The van der Waals surface area contributed by atoms with Crippen LogP contribution in [0.4, 0.5) is 5.69 Å². The zero-order chi connectivity index (χ0) is 20.5. The largest absolute Gasteiger partial charge is 0.462 e. The first-order valence-corrected chi connectivity index (χ1v) is 10.5. The molecule has 3 aliphatic rings. The summed E-state index contributed by atoms with van der Waals surface area (Å²) >= 11 is 0. The van der Waals surface area contributed by atoms with Crippen molar-refractivity contribution in [2.75, 3.05) is 11.5 Å². The van der Waals surface area contributed by atoms with E-state index in [0.717, 1.165) is 43.4 Å². The lowest BCUT2D eigenvalue weighted by molar-refractivity contribution is -0.142. The zero-order valence-electron chi connectivity index (χ0n) is 16.6. The number of hydrogen-bond acceptors (Lipinski definition) is 5. The highest BCUT2D eigenvalue weighted by Crippen LogP contribution is 2.37. The number of esters is 1. The fourth-order valence-corrected chi connectivity index (χ4v) is 4.38. The first-order valence-electron chi connectivity index (χ1n) is 10.5. The van der Waals surface area contributed by atoms with Gasteiger partial charge in [-0.25, -0.2) is 9.69 Å². The maximum Gasteiger partial charge on any atom is 0.338 e. The van der Waals surface area contributed by atoms with Crippen molar-refractivity contribution in [3.05, 3.63) is 29.8 Å². The van der Waals surface area contributed by atoms with Gasteiger partial charge in [-0.2, -0.15) is 0 Å². The third kappa shape index (κ3) is 3.78. The fourth-order valence-electron chi connectivity index (χ4n) is 4.38. The van der Waals surface area contributed by atoms with Crippen LogP contribution < -0.4 is 4.90 Å². The van der Waals surface area contributed by atoms with E-state index < -0.39 is 12.0 Å². The molecule has 0 N–H and O–H groups in total. The molecule has 1 atom stereocenters. The topological polar surface area (TPSA) is 84.0 Å². The standard InChI is InChI=1S/C22H26N2O5/c1-2-29-22(28)15-9-11-17(12-10-15)24-19(25)13-18(21(24)27)23(16-5-3-4-6-16)20(26)14-7-8-14/h9-12,14,16,18H,2-8,13H2,1H3. The van der Waals surface area contributed by atoms with Crippen molar-refractivity contribution in [1.82, 2.24) is 4.90 Å². The van der Waals surface area contributed by atoms with Gasteiger partial charge in [-0.3, -0.25) is 14.4 Å². The molecule has 1 saturated heterocycles. The van der Waals surface area contributed by atoms with Crippen LogP contribution in [0.2, 0.25) is 0 Å². The van der Waals surface area contributed by atoms with Gasteiger partial charge in [-0.05, 0) is 56.9 Å². The van der Waals surface area contributed by atoms with Crippen molar-refractivity contribution in [1.29, 1.82) is 0 Å². The first kappa shape index (κ1) is 19.6. The molecule has 1 unspecified atom stereocenters. The van der Waals surface area contributed by atoms with Crippen LogP contribution in [0.5, 0.6) is 0 Å². The summed E-state index contributed by atoms with van der Waals surface area (Å²) in [6, 6.07) is 5.58. The number of carbonyl (C=O) groups excluding carboxylic acids is 4. The highest BCUT2D eigenvalue weighted by molar-refractivity contribution is 6.23. The third-order valence-corrected chi connectivity index (χ3v) is 5.99. The van der Waals surface area contributed by atoms with Crippen molar-refractivity contribution in [2.24, 2.45) is 5.92 Å².